The van der Waals surface area contributed by atoms with Crippen molar-refractivity contribution >= 4 is 16.1 Å². The SMILES string of the molecule is CCC=C(C)C(C(=O)O)C(C)c1ccc(S(=O)(=O)[O-])cc1.[Na+]. The van der Waals surface area contributed by atoms with E-state index >= 15 is 0 Å². The van der Waals surface area contributed by atoms with E-state index in [0.29, 0.717) is 5.56 Å². The summed E-state index contributed by atoms with van der Waals surface area (Å²) >= 11 is 0. The van der Waals surface area contributed by atoms with E-state index in [1.165, 1.54) is 24.3 Å². The molecule has 116 valence electrons. The molecule has 0 bridgehead atoms. The molecule has 0 saturated carbocycles. The third-order valence-electron chi connectivity index (χ3n) is 3.48. The van der Waals surface area contributed by atoms with Crippen molar-refractivity contribution in [2.24, 2.45) is 5.92 Å². The van der Waals surface area contributed by atoms with Crippen molar-refractivity contribution in [3.05, 3.63) is 41.5 Å². The average molecular weight is 334 g/mol. The fourth-order valence-electron chi connectivity index (χ4n) is 2.38. The summed E-state index contributed by atoms with van der Waals surface area (Å²) in [5.74, 6) is -1.93. The van der Waals surface area contributed by atoms with Gasteiger partial charge < -0.3 is 9.66 Å². The van der Waals surface area contributed by atoms with Crippen LogP contribution in [-0.2, 0) is 14.9 Å². The van der Waals surface area contributed by atoms with E-state index in [1.54, 1.807) is 13.8 Å². The van der Waals surface area contributed by atoms with Gasteiger partial charge in [-0.25, -0.2) is 8.42 Å². The molecule has 7 heteroatoms. The Labute approximate surface area is 153 Å². The number of rotatable bonds is 6. The number of carbonyl (C=O) groups is 1. The number of hydrogen-bond acceptors (Lipinski definition) is 4. The van der Waals surface area contributed by atoms with E-state index in [4.69, 9.17) is 0 Å². The summed E-state index contributed by atoms with van der Waals surface area (Å²) < 4.78 is 32.7. The van der Waals surface area contributed by atoms with Crippen LogP contribution in [0.4, 0.5) is 0 Å². The Morgan fingerprint density at radius 2 is 1.82 bits per heavy atom. The fraction of sp³-hybridized carbons (Fsp3) is 0.400. The maximum Gasteiger partial charge on any atom is 1.00 e. The molecule has 0 saturated heterocycles. The van der Waals surface area contributed by atoms with Crippen LogP contribution >= 0.6 is 0 Å². The minimum absolute atomic E-state index is 0. The Morgan fingerprint density at radius 1 is 1.32 bits per heavy atom. The first kappa shape index (κ1) is 21.3. The van der Waals surface area contributed by atoms with Crippen LogP contribution < -0.4 is 29.6 Å². The van der Waals surface area contributed by atoms with Crippen LogP contribution in [0.1, 0.15) is 38.7 Å². The molecule has 0 radical (unpaired) electrons. The molecule has 0 aliphatic carbocycles. The minimum Gasteiger partial charge on any atom is -0.744 e. The fourth-order valence-corrected chi connectivity index (χ4v) is 2.85. The molecule has 0 aromatic heterocycles. The standard InChI is InChI=1S/C15H20O5S.Na/c1-4-5-10(2)14(15(16)17)11(3)12-6-8-13(9-7-12)21(18,19)20;/h5-9,11,14H,4H2,1-3H3,(H,16,17)(H,18,19,20);/q;+1/p-1. The van der Waals surface area contributed by atoms with Gasteiger partial charge in [0.1, 0.15) is 10.1 Å². The second-order valence-electron chi connectivity index (χ2n) is 4.98. The molecule has 0 spiro atoms. The Hall–Kier alpha value is -0.660. The molecule has 1 aromatic rings. The minimum atomic E-state index is -4.48. The van der Waals surface area contributed by atoms with E-state index in [2.05, 4.69) is 0 Å². The van der Waals surface area contributed by atoms with E-state index in [1.807, 2.05) is 13.0 Å². The summed E-state index contributed by atoms with van der Waals surface area (Å²) in [5.41, 5.74) is 1.44. The number of hydrogen-bond donors (Lipinski definition) is 1. The topological polar surface area (TPSA) is 94.5 Å². The third-order valence-corrected chi connectivity index (χ3v) is 4.33. The van der Waals surface area contributed by atoms with E-state index in [0.717, 1.165) is 12.0 Å². The maximum atomic E-state index is 11.5. The molecular formula is C15H19NaO5S. The predicted octanol–water partition coefficient (Wildman–Crippen LogP) is -0.245. The number of carboxylic acid groups (broad SMARTS) is 1. The molecule has 0 fully saturated rings. The smallest absolute Gasteiger partial charge is 0.744 e. The molecule has 1 rings (SSSR count). The van der Waals surface area contributed by atoms with Crippen molar-refractivity contribution in [3.63, 3.8) is 0 Å². The largest absolute Gasteiger partial charge is 1.00 e. The molecule has 5 nitrogen and oxygen atoms in total. The van der Waals surface area contributed by atoms with Gasteiger partial charge in [0, 0.05) is 0 Å². The normalized spacial score (nSPS) is 14.8. The molecule has 2 unspecified atom stereocenters. The summed E-state index contributed by atoms with van der Waals surface area (Å²) in [7, 11) is -4.48. The van der Waals surface area contributed by atoms with Crippen LogP contribution in [0.25, 0.3) is 0 Å². The van der Waals surface area contributed by atoms with Gasteiger partial charge in [-0.1, -0.05) is 37.6 Å². The van der Waals surface area contributed by atoms with Gasteiger partial charge in [-0.05, 0) is 37.0 Å². The Kier molecular flexibility index (Phi) is 8.57. The molecule has 0 aliphatic rings. The van der Waals surface area contributed by atoms with E-state index < -0.39 is 22.0 Å². The van der Waals surface area contributed by atoms with Gasteiger partial charge in [0.15, 0.2) is 0 Å². The van der Waals surface area contributed by atoms with Crippen molar-refractivity contribution in [2.75, 3.05) is 0 Å². The average Bonchev–Trinajstić information content (AvgIpc) is 2.37. The molecule has 22 heavy (non-hydrogen) atoms. The second kappa shape index (κ2) is 8.84. The van der Waals surface area contributed by atoms with Crippen LogP contribution in [0.5, 0.6) is 0 Å². The van der Waals surface area contributed by atoms with E-state index in [9.17, 15) is 22.9 Å². The maximum absolute atomic E-state index is 11.5. The number of allylic oxidation sites excluding steroid dienone is 1. The second-order valence-corrected chi connectivity index (χ2v) is 6.36. The monoisotopic (exact) mass is 334 g/mol. The number of carboxylic acids is 1. The Balaban J connectivity index is 0.00000441. The zero-order valence-corrected chi connectivity index (χ0v) is 16.1. The molecule has 0 amide bonds. The predicted molar refractivity (Wildman–Crippen MR) is 78.0 cm³/mol. The zero-order valence-electron chi connectivity index (χ0n) is 13.2. The van der Waals surface area contributed by atoms with Crippen LogP contribution in [0.2, 0.25) is 0 Å². The first-order valence-corrected chi connectivity index (χ1v) is 8.04. The van der Waals surface area contributed by atoms with Crippen LogP contribution in [0.3, 0.4) is 0 Å². The summed E-state index contributed by atoms with van der Waals surface area (Å²) in [6.45, 7) is 5.47. The van der Waals surface area contributed by atoms with Crippen molar-refractivity contribution < 1.29 is 52.4 Å². The van der Waals surface area contributed by atoms with Crippen molar-refractivity contribution in [2.45, 2.75) is 38.0 Å². The van der Waals surface area contributed by atoms with E-state index in [-0.39, 0.29) is 40.4 Å². The Bertz CT molecular complexity index is 634. The van der Waals surface area contributed by atoms with Crippen molar-refractivity contribution in [3.8, 4) is 0 Å². The van der Waals surface area contributed by atoms with Gasteiger partial charge in [-0.3, -0.25) is 4.79 Å². The first-order chi connectivity index (χ1) is 9.68. The van der Waals surface area contributed by atoms with Gasteiger partial charge in [0.25, 0.3) is 0 Å². The summed E-state index contributed by atoms with van der Waals surface area (Å²) in [4.78, 5) is 11.2. The van der Waals surface area contributed by atoms with Gasteiger partial charge in [0.05, 0.1) is 10.8 Å². The molecular weight excluding hydrogens is 315 g/mol. The number of benzene rings is 1. The summed E-state index contributed by atoms with van der Waals surface area (Å²) in [6.07, 6.45) is 2.61. The molecule has 1 N–H and O–H groups in total. The third kappa shape index (κ3) is 5.52. The van der Waals surface area contributed by atoms with Gasteiger partial charge in [-0.2, -0.15) is 0 Å². The van der Waals surface area contributed by atoms with Crippen LogP contribution in [0.15, 0.2) is 40.8 Å². The van der Waals surface area contributed by atoms with Gasteiger partial charge in [-0.15, -0.1) is 0 Å². The summed E-state index contributed by atoms with van der Waals surface area (Å²) in [6, 6.07) is 5.41. The van der Waals surface area contributed by atoms with Gasteiger partial charge in [0.2, 0.25) is 0 Å². The number of aliphatic carboxylic acids is 1. The zero-order chi connectivity index (χ0) is 16.2. The molecule has 0 aliphatic heterocycles. The van der Waals surface area contributed by atoms with Crippen LogP contribution in [-0.4, -0.2) is 24.0 Å². The van der Waals surface area contributed by atoms with Crippen molar-refractivity contribution in [1.82, 2.24) is 0 Å². The Morgan fingerprint density at radius 3 is 2.18 bits per heavy atom. The molecule has 1 aromatic carbocycles. The molecule has 0 heterocycles. The van der Waals surface area contributed by atoms with Gasteiger partial charge >= 0.3 is 35.5 Å². The first-order valence-electron chi connectivity index (χ1n) is 6.63. The van der Waals surface area contributed by atoms with Crippen molar-refractivity contribution in [1.29, 1.82) is 0 Å². The van der Waals surface area contributed by atoms with Crippen LogP contribution in [0, 0.1) is 5.92 Å². The summed E-state index contributed by atoms with van der Waals surface area (Å²) in [5, 5.41) is 9.40. The molecule has 2 atom stereocenters. The quantitative estimate of drug-likeness (QED) is 0.440.